The molecule has 2 heterocycles. The van der Waals surface area contributed by atoms with E-state index in [2.05, 4.69) is 9.80 Å². The number of benzene rings is 2. The Kier molecular flexibility index (Phi) is 9.05. The fraction of sp³-hybridized carbons (Fsp3) is 0.455. The zero-order valence-corrected chi connectivity index (χ0v) is 18.4. The third kappa shape index (κ3) is 7.30. The summed E-state index contributed by atoms with van der Waals surface area (Å²) in [5.41, 5.74) is 1.76. The number of phenols is 2. The highest BCUT2D eigenvalue weighted by atomic mass is 35.5. The molecule has 2 saturated heterocycles. The van der Waals surface area contributed by atoms with Crippen molar-refractivity contribution in [2.45, 2.75) is 13.1 Å². The van der Waals surface area contributed by atoms with Gasteiger partial charge in [-0.25, -0.2) is 0 Å². The molecule has 0 unspecified atom stereocenters. The van der Waals surface area contributed by atoms with Gasteiger partial charge in [-0.2, -0.15) is 0 Å². The first kappa shape index (κ1) is 23.1. The molecular formula is C22H28Cl2N2O4. The summed E-state index contributed by atoms with van der Waals surface area (Å²) in [6, 6.07) is 10.3. The molecule has 6 nitrogen and oxygen atoms in total. The van der Waals surface area contributed by atoms with Crippen molar-refractivity contribution in [1.29, 1.82) is 0 Å². The number of halogens is 2. The van der Waals surface area contributed by atoms with Crippen LogP contribution in [0.3, 0.4) is 0 Å². The van der Waals surface area contributed by atoms with Crippen LogP contribution in [0.1, 0.15) is 11.1 Å². The minimum absolute atomic E-state index is 0.311. The molecule has 0 radical (unpaired) electrons. The summed E-state index contributed by atoms with van der Waals surface area (Å²) in [6.07, 6.45) is 0. The van der Waals surface area contributed by atoms with Crippen molar-refractivity contribution >= 4 is 23.2 Å². The predicted molar refractivity (Wildman–Crippen MR) is 118 cm³/mol. The van der Waals surface area contributed by atoms with E-state index in [9.17, 15) is 10.2 Å². The SMILES string of the molecule is Oc1ccc(Cl)cc1CN1CCOCC1.Oc1ccc(Cl)cc1CN1CCOCC1. The maximum atomic E-state index is 9.65. The van der Waals surface area contributed by atoms with Gasteiger partial charge in [0.05, 0.1) is 26.4 Å². The second-order valence-electron chi connectivity index (χ2n) is 7.32. The third-order valence-electron chi connectivity index (χ3n) is 5.08. The van der Waals surface area contributed by atoms with Crippen molar-refractivity contribution in [1.82, 2.24) is 9.80 Å². The summed E-state index contributed by atoms with van der Waals surface area (Å²) in [5.74, 6) is 0.622. The number of rotatable bonds is 4. The third-order valence-corrected chi connectivity index (χ3v) is 5.55. The number of hydrogen-bond acceptors (Lipinski definition) is 6. The van der Waals surface area contributed by atoms with Gasteiger partial charge in [-0.15, -0.1) is 0 Å². The molecule has 0 amide bonds. The summed E-state index contributed by atoms with van der Waals surface area (Å²) in [7, 11) is 0. The number of aromatic hydroxyl groups is 2. The van der Waals surface area contributed by atoms with Crippen molar-refractivity contribution in [3.8, 4) is 11.5 Å². The molecule has 2 aromatic rings. The summed E-state index contributed by atoms with van der Waals surface area (Å²) in [5, 5.41) is 20.6. The lowest BCUT2D eigenvalue weighted by Gasteiger charge is -2.26. The van der Waals surface area contributed by atoms with Crippen LogP contribution in [0.15, 0.2) is 36.4 Å². The van der Waals surface area contributed by atoms with Gasteiger partial charge < -0.3 is 19.7 Å². The van der Waals surface area contributed by atoms with E-state index >= 15 is 0 Å². The largest absolute Gasteiger partial charge is 0.508 e. The normalized spacial score (nSPS) is 17.9. The average Bonchev–Trinajstić information content (AvgIpc) is 2.75. The van der Waals surface area contributed by atoms with Gasteiger partial charge in [-0.1, -0.05) is 23.2 Å². The number of phenolic OH excluding ortho intramolecular Hbond substituents is 2. The molecule has 2 fully saturated rings. The molecule has 0 spiro atoms. The van der Waals surface area contributed by atoms with E-state index in [0.29, 0.717) is 21.5 Å². The standard InChI is InChI=1S/2C11H14ClNO2/c2*12-10-1-2-11(14)9(7-10)8-13-3-5-15-6-4-13/h2*1-2,7,14H,3-6,8H2. The van der Waals surface area contributed by atoms with Crippen LogP contribution in [-0.4, -0.2) is 72.6 Å². The van der Waals surface area contributed by atoms with Gasteiger partial charge in [-0.3, -0.25) is 9.80 Å². The van der Waals surface area contributed by atoms with E-state index in [1.54, 1.807) is 24.3 Å². The molecule has 2 N–H and O–H groups in total. The van der Waals surface area contributed by atoms with Crippen LogP contribution in [-0.2, 0) is 22.6 Å². The van der Waals surface area contributed by atoms with Gasteiger partial charge in [0.25, 0.3) is 0 Å². The van der Waals surface area contributed by atoms with Crippen LogP contribution in [0, 0.1) is 0 Å². The first-order chi connectivity index (χ1) is 14.5. The van der Waals surface area contributed by atoms with Gasteiger partial charge in [0.1, 0.15) is 11.5 Å². The molecule has 2 aromatic carbocycles. The number of nitrogens with zero attached hydrogens (tertiary/aromatic N) is 2. The van der Waals surface area contributed by atoms with E-state index < -0.39 is 0 Å². The van der Waals surface area contributed by atoms with Crippen LogP contribution < -0.4 is 0 Å². The van der Waals surface area contributed by atoms with Crippen LogP contribution in [0.2, 0.25) is 10.0 Å². The van der Waals surface area contributed by atoms with Crippen molar-refractivity contribution in [2.24, 2.45) is 0 Å². The smallest absolute Gasteiger partial charge is 0.120 e. The molecule has 30 heavy (non-hydrogen) atoms. The Hall–Kier alpha value is -1.54. The summed E-state index contributed by atoms with van der Waals surface area (Å²) in [4.78, 5) is 4.49. The lowest BCUT2D eigenvalue weighted by molar-refractivity contribution is 0.0338. The van der Waals surface area contributed by atoms with E-state index in [1.165, 1.54) is 0 Å². The monoisotopic (exact) mass is 454 g/mol. The molecule has 0 bridgehead atoms. The molecule has 4 rings (SSSR count). The Morgan fingerprint density at radius 3 is 1.40 bits per heavy atom. The second kappa shape index (κ2) is 11.7. The van der Waals surface area contributed by atoms with E-state index in [4.69, 9.17) is 32.7 Å². The Labute approximate surface area is 187 Å². The first-order valence-electron chi connectivity index (χ1n) is 10.1. The maximum absolute atomic E-state index is 9.65. The topological polar surface area (TPSA) is 65.4 Å². The van der Waals surface area contributed by atoms with Crippen LogP contribution >= 0.6 is 23.2 Å². The predicted octanol–water partition coefficient (Wildman–Crippen LogP) is 3.76. The fourth-order valence-electron chi connectivity index (χ4n) is 3.36. The molecule has 0 atom stereocenters. The summed E-state index contributed by atoms with van der Waals surface area (Å²) >= 11 is 11.8. The minimum Gasteiger partial charge on any atom is -0.508 e. The van der Waals surface area contributed by atoms with E-state index in [-0.39, 0.29) is 0 Å². The van der Waals surface area contributed by atoms with E-state index in [1.807, 2.05) is 12.1 Å². The minimum atomic E-state index is 0.311. The highest BCUT2D eigenvalue weighted by molar-refractivity contribution is 6.31. The van der Waals surface area contributed by atoms with Gasteiger partial charge >= 0.3 is 0 Å². The molecule has 0 saturated carbocycles. The fourth-order valence-corrected chi connectivity index (χ4v) is 3.75. The van der Waals surface area contributed by atoms with Gasteiger partial charge in [0.2, 0.25) is 0 Å². The lowest BCUT2D eigenvalue weighted by atomic mass is 10.2. The quantitative estimate of drug-likeness (QED) is 0.732. The zero-order chi connectivity index (χ0) is 21.3. The zero-order valence-electron chi connectivity index (χ0n) is 16.9. The van der Waals surface area contributed by atoms with Crippen molar-refractivity contribution in [3.05, 3.63) is 57.6 Å². The van der Waals surface area contributed by atoms with Crippen LogP contribution in [0.4, 0.5) is 0 Å². The average molecular weight is 455 g/mol. The molecule has 2 aliphatic rings. The first-order valence-corrected chi connectivity index (χ1v) is 10.8. The van der Waals surface area contributed by atoms with Crippen LogP contribution in [0.25, 0.3) is 0 Å². The molecular weight excluding hydrogens is 427 g/mol. The maximum Gasteiger partial charge on any atom is 0.120 e. The number of morpholine rings is 2. The summed E-state index contributed by atoms with van der Waals surface area (Å²) < 4.78 is 10.5. The Morgan fingerprint density at radius 1 is 0.667 bits per heavy atom. The van der Waals surface area contributed by atoms with Crippen molar-refractivity contribution < 1.29 is 19.7 Å². The summed E-state index contributed by atoms with van der Waals surface area (Å²) in [6.45, 7) is 8.16. The molecule has 164 valence electrons. The Morgan fingerprint density at radius 2 is 1.03 bits per heavy atom. The molecule has 0 aromatic heterocycles. The highest BCUT2D eigenvalue weighted by Gasteiger charge is 2.13. The number of ether oxygens (including phenoxy) is 2. The van der Waals surface area contributed by atoms with E-state index in [0.717, 1.165) is 76.8 Å². The molecule has 8 heteroatoms. The molecule has 2 aliphatic heterocycles. The van der Waals surface area contributed by atoms with Gasteiger partial charge in [-0.05, 0) is 36.4 Å². The van der Waals surface area contributed by atoms with Crippen molar-refractivity contribution in [2.75, 3.05) is 52.6 Å². The van der Waals surface area contributed by atoms with Crippen molar-refractivity contribution in [3.63, 3.8) is 0 Å². The lowest BCUT2D eigenvalue weighted by Crippen LogP contribution is -2.35. The van der Waals surface area contributed by atoms with Gasteiger partial charge in [0, 0.05) is 60.4 Å². The Bertz CT molecular complexity index is 742. The van der Waals surface area contributed by atoms with Crippen LogP contribution in [0.5, 0.6) is 11.5 Å². The Balaban J connectivity index is 0.000000171. The van der Waals surface area contributed by atoms with Gasteiger partial charge in [0.15, 0.2) is 0 Å². The molecule has 0 aliphatic carbocycles. The number of hydrogen-bond donors (Lipinski definition) is 2. The second-order valence-corrected chi connectivity index (χ2v) is 8.20. The highest BCUT2D eigenvalue weighted by Crippen LogP contribution is 2.24.